The maximum Gasteiger partial charge on any atom is 0.180 e. The highest BCUT2D eigenvalue weighted by Crippen LogP contribution is 2.28. The summed E-state index contributed by atoms with van der Waals surface area (Å²) in [6, 6.07) is 13.8. The van der Waals surface area contributed by atoms with Crippen molar-refractivity contribution < 1.29 is 5.11 Å². The van der Waals surface area contributed by atoms with Gasteiger partial charge in [-0.15, -0.1) is 0 Å². The number of rotatable bonds is 4. The van der Waals surface area contributed by atoms with Crippen LogP contribution in [0.1, 0.15) is 25.1 Å². The first kappa shape index (κ1) is 18.3. The molecule has 0 atom stereocenters. The zero-order chi connectivity index (χ0) is 20.9. The third kappa shape index (κ3) is 3.19. The van der Waals surface area contributed by atoms with Crippen molar-refractivity contribution >= 4 is 28.1 Å². The Bertz CT molecular complexity index is 1360. The van der Waals surface area contributed by atoms with E-state index in [4.69, 9.17) is 4.98 Å². The lowest BCUT2D eigenvalue weighted by molar-refractivity contribution is 0.0786. The zero-order valence-corrected chi connectivity index (χ0v) is 17.0. The van der Waals surface area contributed by atoms with Gasteiger partial charge in [0.05, 0.1) is 22.5 Å². The normalized spacial score (nSPS) is 12.0. The molecule has 3 aromatic heterocycles. The standard InChI is InChI=1S/C23H22N6O/c1-14-18-12-15(4-9-19(18)28-27-14)20-13-29-11-10-24-22(29)21(26-20)25-17-7-5-16(6-8-17)23(2,3)30/h4-13,30H,1-3H3,(H,25,26)(H,27,28). The number of nitrogens with zero attached hydrogens (tertiary/aromatic N) is 4. The third-order valence-corrected chi connectivity index (χ3v) is 5.28. The van der Waals surface area contributed by atoms with Gasteiger partial charge >= 0.3 is 0 Å². The molecule has 3 N–H and O–H groups in total. The second-order valence-electron chi connectivity index (χ2n) is 7.96. The van der Waals surface area contributed by atoms with Gasteiger partial charge < -0.3 is 14.8 Å². The van der Waals surface area contributed by atoms with Crippen LogP contribution in [0.15, 0.2) is 61.1 Å². The Morgan fingerprint density at radius 3 is 2.67 bits per heavy atom. The van der Waals surface area contributed by atoms with Crippen LogP contribution in [0, 0.1) is 6.92 Å². The highest BCUT2D eigenvalue weighted by Gasteiger charge is 2.16. The molecule has 7 nitrogen and oxygen atoms in total. The fourth-order valence-corrected chi connectivity index (χ4v) is 3.56. The molecule has 0 aliphatic rings. The maximum absolute atomic E-state index is 10.2. The summed E-state index contributed by atoms with van der Waals surface area (Å²) in [6.07, 6.45) is 5.64. The second-order valence-corrected chi connectivity index (χ2v) is 7.96. The van der Waals surface area contributed by atoms with Crippen molar-refractivity contribution in [2.75, 3.05) is 5.32 Å². The van der Waals surface area contributed by atoms with Crippen molar-refractivity contribution in [1.29, 1.82) is 0 Å². The van der Waals surface area contributed by atoms with E-state index < -0.39 is 5.60 Å². The van der Waals surface area contributed by atoms with E-state index in [1.54, 1.807) is 20.0 Å². The number of aromatic nitrogens is 5. The number of nitrogens with one attached hydrogen (secondary N) is 2. The van der Waals surface area contributed by atoms with Crippen molar-refractivity contribution in [1.82, 2.24) is 24.6 Å². The van der Waals surface area contributed by atoms with Gasteiger partial charge in [0.15, 0.2) is 11.5 Å². The summed E-state index contributed by atoms with van der Waals surface area (Å²) in [6.45, 7) is 5.53. The number of imidazole rings is 1. The summed E-state index contributed by atoms with van der Waals surface area (Å²) < 4.78 is 1.96. The molecule has 3 heterocycles. The number of aliphatic hydroxyl groups is 1. The molecule has 150 valence electrons. The summed E-state index contributed by atoms with van der Waals surface area (Å²) in [4.78, 5) is 9.30. The van der Waals surface area contributed by atoms with Gasteiger partial charge in [0.1, 0.15) is 0 Å². The largest absolute Gasteiger partial charge is 0.386 e. The van der Waals surface area contributed by atoms with Crippen LogP contribution in [0.5, 0.6) is 0 Å². The van der Waals surface area contributed by atoms with Gasteiger partial charge in [0, 0.05) is 35.2 Å². The van der Waals surface area contributed by atoms with Crippen molar-refractivity contribution in [3.63, 3.8) is 0 Å². The number of fused-ring (bicyclic) bond motifs is 2. The van der Waals surface area contributed by atoms with E-state index in [1.807, 2.05) is 60.1 Å². The summed E-state index contributed by atoms with van der Waals surface area (Å²) >= 11 is 0. The highest BCUT2D eigenvalue weighted by molar-refractivity contribution is 5.86. The molecule has 0 spiro atoms. The first-order valence-corrected chi connectivity index (χ1v) is 9.77. The van der Waals surface area contributed by atoms with Gasteiger partial charge in [-0.1, -0.05) is 18.2 Å². The molecule has 0 amide bonds. The lowest BCUT2D eigenvalue weighted by Gasteiger charge is -2.18. The number of hydrogen-bond donors (Lipinski definition) is 3. The molecule has 0 unspecified atom stereocenters. The van der Waals surface area contributed by atoms with Crippen LogP contribution in [-0.4, -0.2) is 29.7 Å². The SMILES string of the molecule is Cc1n[nH]c2ccc(-c3cn4ccnc4c(Nc4ccc(C(C)(C)O)cc4)n3)cc12. The first-order valence-electron chi connectivity index (χ1n) is 9.77. The molecule has 0 saturated carbocycles. The molecule has 0 bridgehead atoms. The van der Waals surface area contributed by atoms with Gasteiger partial charge in [-0.2, -0.15) is 5.10 Å². The molecular formula is C23H22N6O. The average molecular weight is 398 g/mol. The van der Waals surface area contributed by atoms with Crippen LogP contribution >= 0.6 is 0 Å². The summed E-state index contributed by atoms with van der Waals surface area (Å²) in [5.74, 6) is 0.664. The molecule has 0 fully saturated rings. The topological polar surface area (TPSA) is 91.1 Å². The van der Waals surface area contributed by atoms with Crippen molar-refractivity contribution in [2.45, 2.75) is 26.4 Å². The summed E-state index contributed by atoms with van der Waals surface area (Å²) in [5, 5.41) is 21.9. The third-order valence-electron chi connectivity index (χ3n) is 5.28. The molecule has 30 heavy (non-hydrogen) atoms. The van der Waals surface area contributed by atoms with E-state index >= 15 is 0 Å². The molecular weight excluding hydrogens is 376 g/mol. The van der Waals surface area contributed by atoms with Gasteiger partial charge in [-0.05, 0) is 50.6 Å². The lowest BCUT2D eigenvalue weighted by atomic mass is 9.98. The minimum absolute atomic E-state index is 0.664. The van der Waals surface area contributed by atoms with E-state index in [0.29, 0.717) is 5.82 Å². The van der Waals surface area contributed by atoms with Crippen LogP contribution in [0.4, 0.5) is 11.5 Å². The van der Waals surface area contributed by atoms with Crippen LogP contribution in [0.3, 0.4) is 0 Å². The molecule has 5 rings (SSSR count). The number of H-pyrrole nitrogens is 1. The Kier molecular flexibility index (Phi) is 4.08. The Morgan fingerprint density at radius 1 is 1.10 bits per heavy atom. The second kappa shape index (κ2) is 6.67. The first-order chi connectivity index (χ1) is 14.4. The monoisotopic (exact) mass is 398 g/mol. The number of hydrogen-bond acceptors (Lipinski definition) is 5. The van der Waals surface area contributed by atoms with E-state index in [0.717, 1.165) is 44.8 Å². The fourth-order valence-electron chi connectivity index (χ4n) is 3.56. The highest BCUT2D eigenvalue weighted by atomic mass is 16.3. The van der Waals surface area contributed by atoms with Crippen LogP contribution in [-0.2, 0) is 5.60 Å². The van der Waals surface area contributed by atoms with Gasteiger partial charge in [-0.3, -0.25) is 5.10 Å². The van der Waals surface area contributed by atoms with E-state index in [2.05, 4.69) is 26.6 Å². The van der Waals surface area contributed by atoms with E-state index in [9.17, 15) is 5.11 Å². The number of aryl methyl sites for hydroxylation is 1. The Balaban J connectivity index is 1.56. The van der Waals surface area contributed by atoms with Crippen molar-refractivity contribution in [2.24, 2.45) is 0 Å². The van der Waals surface area contributed by atoms with Crippen LogP contribution in [0.2, 0.25) is 0 Å². The fraction of sp³-hybridized carbons (Fsp3) is 0.174. The smallest absolute Gasteiger partial charge is 0.180 e. The maximum atomic E-state index is 10.2. The molecule has 2 aromatic carbocycles. The molecule has 7 heteroatoms. The number of benzene rings is 2. The predicted molar refractivity (Wildman–Crippen MR) is 118 cm³/mol. The minimum atomic E-state index is -0.878. The van der Waals surface area contributed by atoms with E-state index in [1.165, 1.54) is 0 Å². The molecule has 0 radical (unpaired) electrons. The Hall–Kier alpha value is -3.71. The summed E-state index contributed by atoms with van der Waals surface area (Å²) in [7, 11) is 0. The van der Waals surface area contributed by atoms with Crippen LogP contribution in [0.25, 0.3) is 27.8 Å². The number of aromatic amines is 1. The molecule has 0 saturated heterocycles. The molecule has 0 aliphatic heterocycles. The lowest BCUT2D eigenvalue weighted by Crippen LogP contribution is -2.15. The zero-order valence-electron chi connectivity index (χ0n) is 17.0. The minimum Gasteiger partial charge on any atom is -0.386 e. The van der Waals surface area contributed by atoms with Gasteiger partial charge in [0.2, 0.25) is 0 Å². The van der Waals surface area contributed by atoms with Gasteiger partial charge in [-0.25, -0.2) is 9.97 Å². The number of anilines is 2. The van der Waals surface area contributed by atoms with Crippen LogP contribution < -0.4 is 5.32 Å². The molecule has 0 aliphatic carbocycles. The molecule has 5 aromatic rings. The quantitative estimate of drug-likeness (QED) is 0.413. The van der Waals surface area contributed by atoms with Crippen molar-refractivity contribution in [3.05, 3.63) is 72.3 Å². The Morgan fingerprint density at radius 2 is 1.90 bits per heavy atom. The average Bonchev–Trinajstić information content (AvgIpc) is 3.34. The Labute approximate surface area is 173 Å². The van der Waals surface area contributed by atoms with Gasteiger partial charge in [0.25, 0.3) is 0 Å². The van der Waals surface area contributed by atoms with Crippen molar-refractivity contribution in [3.8, 4) is 11.3 Å². The predicted octanol–water partition coefficient (Wildman–Crippen LogP) is 4.55. The van der Waals surface area contributed by atoms with E-state index in [-0.39, 0.29) is 0 Å². The summed E-state index contributed by atoms with van der Waals surface area (Å²) in [5.41, 5.74) is 5.39.